The monoisotopic (exact) mass is 463 g/mol. The molecule has 0 aromatic carbocycles. The van der Waals surface area contributed by atoms with Crippen molar-refractivity contribution in [1.29, 1.82) is 0 Å². The van der Waals surface area contributed by atoms with Crippen LogP contribution in [0.25, 0.3) is 0 Å². The second kappa shape index (κ2) is 9.73. The minimum atomic E-state index is -0.682. The molecule has 33 heavy (non-hydrogen) atoms. The number of carbonyl (C=O) groups excluding carboxylic acids is 1. The molecule has 0 saturated carbocycles. The van der Waals surface area contributed by atoms with E-state index in [4.69, 9.17) is 9.47 Å². The third kappa shape index (κ3) is 4.29. The number of piperidine rings is 2. The molecule has 0 N–H and O–H groups in total. The number of amides is 1. The van der Waals surface area contributed by atoms with E-state index in [1.54, 1.807) is 5.57 Å². The van der Waals surface area contributed by atoms with Crippen molar-refractivity contribution in [3.8, 4) is 0 Å². The van der Waals surface area contributed by atoms with E-state index >= 15 is 0 Å². The SMILES string of the molecule is CCOC(=O)N1CCC(N2CCC(N3C4=C(CCC(F)C4)C4(CCOCC4)C3C)CC2)CC1. The molecule has 0 bridgehead atoms. The van der Waals surface area contributed by atoms with Crippen molar-refractivity contribution in [3.05, 3.63) is 11.3 Å². The summed E-state index contributed by atoms with van der Waals surface area (Å²) in [7, 11) is 0. The van der Waals surface area contributed by atoms with E-state index in [1.807, 2.05) is 11.8 Å². The van der Waals surface area contributed by atoms with Gasteiger partial charge in [-0.1, -0.05) is 0 Å². The zero-order valence-electron chi connectivity index (χ0n) is 20.6. The lowest BCUT2D eigenvalue weighted by Crippen LogP contribution is -2.53. The van der Waals surface area contributed by atoms with Gasteiger partial charge in [-0.05, 0) is 70.8 Å². The molecule has 5 aliphatic rings. The molecule has 6 nitrogen and oxygen atoms in total. The fraction of sp³-hybridized carbons (Fsp3) is 0.885. The molecule has 0 aromatic heterocycles. The first kappa shape index (κ1) is 23.4. The highest BCUT2D eigenvalue weighted by molar-refractivity contribution is 5.67. The van der Waals surface area contributed by atoms with Gasteiger partial charge in [0.1, 0.15) is 6.17 Å². The van der Waals surface area contributed by atoms with Crippen molar-refractivity contribution in [2.45, 2.75) is 95.9 Å². The zero-order valence-corrected chi connectivity index (χ0v) is 20.6. The first-order valence-electron chi connectivity index (χ1n) is 13.4. The molecular formula is C26H42FN3O3. The fourth-order valence-electron chi connectivity index (χ4n) is 7.58. The summed E-state index contributed by atoms with van der Waals surface area (Å²) in [6, 6.07) is 1.55. The van der Waals surface area contributed by atoms with E-state index in [9.17, 15) is 9.18 Å². The number of rotatable bonds is 3. The van der Waals surface area contributed by atoms with Crippen LogP contribution >= 0.6 is 0 Å². The lowest BCUT2D eigenvalue weighted by Gasteiger charge is -2.47. The van der Waals surface area contributed by atoms with Crippen molar-refractivity contribution < 1.29 is 18.7 Å². The van der Waals surface area contributed by atoms with Crippen molar-refractivity contribution in [2.24, 2.45) is 5.41 Å². The predicted octanol–water partition coefficient (Wildman–Crippen LogP) is 4.35. The molecule has 5 rings (SSSR count). The lowest BCUT2D eigenvalue weighted by molar-refractivity contribution is -0.00892. The molecule has 186 valence electrons. The van der Waals surface area contributed by atoms with Gasteiger partial charge in [-0.2, -0.15) is 0 Å². The Balaban J connectivity index is 1.22. The molecule has 3 fully saturated rings. The minimum absolute atomic E-state index is 0.164. The Hall–Kier alpha value is -1.34. The van der Waals surface area contributed by atoms with Gasteiger partial charge < -0.3 is 24.2 Å². The molecule has 1 aliphatic carbocycles. The van der Waals surface area contributed by atoms with Gasteiger partial charge in [-0.3, -0.25) is 0 Å². The van der Waals surface area contributed by atoms with E-state index in [2.05, 4.69) is 16.7 Å². The first-order chi connectivity index (χ1) is 16.0. The summed E-state index contributed by atoms with van der Waals surface area (Å²) >= 11 is 0. The number of halogens is 1. The molecule has 7 heteroatoms. The third-order valence-electron chi connectivity index (χ3n) is 9.38. The molecule has 0 aromatic rings. The van der Waals surface area contributed by atoms with E-state index < -0.39 is 6.17 Å². The van der Waals surface area contributed by atoms with Crippen molar-refractivity contribution in [1.82, 2.24) is 14.7 Å². The molecule has 1 spiro atoms. The summed E-state index contributed by atoms with van der Waals surface area (Å²) in [6.45, 7) is 10.2. The minimum Gasteiger partial charge on any atom is -0.450 e. The summed E-state index contributed by atoms with van der Waals surface area (Å²) in [5.74, 6) is 0. The Kier molecular flexibility index (Phi) is 6.90. The molecule has 3 saturated heterocycles. The smallest absolute Gasteiger partial charge is 0.409 e. The summed E-state index contributed by atoms with van der Waals surface area (Å²) in [6.07, 6.45) is 7.98. The molecular weight excluding hydrogens is 421 g/mol. The maximum Gasteiger partial charge on any atom is 0.409 e. The maximum atomic E-state index is 14.6. The molecule has 1 amide bonds. The Morgan fingerprint density at radius 1 is 1.06 bits per heavy atom. The van der Waals surface area contributed by atoms with Crippen LogP contribution in [0.2, 0.25) is 0 Å². The topological polar surface area (TPSA) is 45.2 Å². The van der Waals surface area contributed by atoms with Gasteiger partial charge in [0.15, 0.2) is 0 Å². The van der Waals surface area contributed by atoms with Gasteiger partial charge in [0.05, 0.1) is 6.61 Å². The highest BCUT2D eigenvalue weighted by atomic mass is 19.1. The van der Waals surface area contributed by atoms with Gasteiger partial charge in [0.2, 0.25) is 0 Å². The van der Waals surface area contributed by atoms with Crippen LogP contribution in [0.5, 0.6) is 0 Å². The van der Waals surface area contributed by atoms with Gasteiger partial charge in [0.25, 0.3) is 0 Å². The number of hydrogen-bond donors (Lipinski definition) is 0. The molecule has 2 atom stereocenters. The average Bonchev–Trinajstić information content (AvgIpc) is 3.06. The van der Waals surface area contributed by atoms with E-state index in [0.29, 0.717) is 37.6 Å². The van der Waals surface area contributed by atoms with Crippen molar-refractivity contribution >= 4 is 6.09 Å². The highest BCUT2D eigenvalue weighted by Gasteiger charge is 2.53. The maximum absolute atomic E-state index is 14.6. The van der Waals surface area contributed by atoms with Crippen LogP contribution in [-0.2, 0) is 9.47 Å². The van der Waals surface area contributed by atoms with Crippen molar-refractivity contribution in [2.75, 3.05) is 46.0 Å². The Labute approximate surface area is 198 Å². The zero-order chi connectivity index (χ0) is 23.0. The van der Waals surface area contributed by atoms with Gasteiger partial charge in [-0.15, -0.1) is 0 Å². The van der Waals surface area contributed by atoms with E-state index in [0.717, 1.165) is 84.3 Å². The lowest BCUT2D eigenvalue weighted by atomic mass is 9.68. The number of hydrogen-bond acceptors (Lipinski definition) is 5. The first-order valence-corrected chi connectivity index (χ1v) is 13.4. The molecule has 4 aliphatic heterocycles. The number of fused-ring (bicyclic) bond motifs is 1. The third-order valence-corrected chi connectivity index (χ3v) is 9.38. The Morgan fingerprint density at radius 3 is 2.39 bits per heavy atom. The second-order valence-corrected chi connectivity index (χ2v) is 10.8. The van der Waals surface area contributed by atoms with Gasteiger partial charge >= 0.3 is 6.09 Å². The van der Waals surface area contributed by atoms with E-state index in [1.165, 1.54) is 5.70 Å². The number of alkyl halides is 1. The van der Waals surface area contributed by atoms with Crippen LogP contribution < -0.4 is 0 Å². The number of allylic oxidation sites excluding steroid dienone is 1. The quantitative estimate of drug-likeness (QED) is 0.623. The highest BCUT2D eigenvalue weighted by Crippen LogP contribution is 2.56. The van der Waals surface area contributed by atoms with Crippen LogP contribution in [0.4, 0.5) is 9.18 Å². The fourth-order valence-corrected chi connectivity index (χ4v) is 7.58. The Bertz CT molecular complexity index is 737. The second-order valence-electron chi connectivity index (χ2n) is 10.8. The molecule has 4 heterocycles. The predicted molar refractivity (Wildman–Crippen MR) is 126 cm³/mol. The Morgan fingerprint density at radius 2 is 1.73 bits per heavy atom. The van der Waals surface area contributed by atoms with Crippen LogP contribution in [0, 0.1) is 5.41 Å². The van der Waals surface area contributed by atoms with Gasteiger partial charge in [-0.25, -0.2) is 9.18 Å². The summed E-state index contributed by atoms with van der Waals surface area (Å²) in [5.41, 5.74) is 3.16. The largest absolute Gasteiger partial charge is 0.450 e. The molecule has 0 radical (unpaired) electrons. The number of carbonyl (C=O) groups is 1. The van der Waals surface area contributed by atoms with E-state index in [-0.39, 0.29) is 11.5 Å². The van der Waals surface area contributed by atoms with Crippen LogP contribution in [0.3, 0.4) is 0 Å². The van der Waals surface area contributed by atoms with Crippen LogP contribution in [0.1, 0.15) is 71.6 Å². The summed E-state index contributed by atoms with van der Waals surface area (Å²) in [4.78, 5) is 19.2. The van der Waals surface area contributed by atoms with Gasteiger partial charge in [0, 0.05) is 75.1 Å². The van der Waals surface area contributed by atoms with Crippen LogP contribution in [0.15, 0.2) is 11.3 Å². The number of likely N-dealkylation sites (tertiary alicyclic amines) is 2. The van der Waals surface area contributed by atoms with Crippen LogP contribution in [-0.4, -0.2) is 91.1 Å². The summed E-state index contributed by atoms with van der Waals surface area (Å²) < 4.78 is 25.5. The summed E-state index contributed by atoms with van der Waals surface area (Å²) in [5, 5.41) is 0. The average molecular weight is 464 g/mol. The number of nitrogens with zero attached hydrogens (tertiary/aromatic N) is 3. The number of ether oxygens (including phenoxy) is 2. The molecule has 2 unspecified atom stereocenters. The normalized spacial score (nSPS) is 31.8. The van der Waals surface area contributed by atoms with Crippen molar-refractivity contribution in [3.63, 3.8) is 0 Å². The standard InChI is InChI=1S/C26H42FN3O3/c1-3-33-25(31)29-14-6-21(7-15-29)28-12-8-22(9-13-28)30-19(2)26(10-16-32-17-11-26)23-5-4-20(27)18-24(23)30/h19-22H,3-18H2,1-2H3.